The molecule has 0 saturated carbocycles. The first-order valence-corrected chi connectivity index (χ1v) is 4.36. The summed E-state index contributed by atoms with van der Waals surface area (Å²) in [6.45, 7) is 6.74. The molecule has 0 rings (SSSR count). The lowest BCUT2D eigenvalue weighted by Gasteiger charge is -2.10. The van der Waals surface area contributed by atoms with Crippen molar-refractivity contribution in [1.82, 2.24) is 5.32 Å². The smallest absolute Gasteiger partial charge is 0.246 e. The molecule has 0 aliphatic heterocycles. The predicted octanol–water partition coefficient (Wildman–Crippen LogP) is 1.16. The molecule has 0 unspecified atom stereocenters. The first-order chi connectivity index (χ1) is 5.63. The number of nitrogens with one attached hydrogen (secondary N) is 1. The Morgan fingerprint density at radius 1 is 1.42 bits per heavy atom. The highest BCUT2D eigenvalue weighted by atomic mass is 16.1. The summed E-state index contributed by atoms with van der Waals surface area (Å²) >= 11 is 0. The van der Waals surface area contributed by atoms with E-state index in [9.17, 15) is 4.79 Å². The largest absolute Gasteiger partial charge is 0.388 e. The molecule has 0 heterocycles. The van der Waals surface area contributed by atoms with Crippen LogP contribution in [-0.2, 0) is 4.79 Å². The zero-order valence-electron chi connectivity index (χ0n) is 8.11. The van der Waals surface area contributed by atoms with E-state index in [1.54, 1.807) is 6.92 Å². The summed E-state index contributed by atoms with van der Waals surface area (Å²) in [6.07, 6.45) is 1.88. The molecular weight excluding hydrogens is 152 g/mol. The molecule has 0 bridgehead atoms. The van der Waals surface area contributed by atoms with Gasteiger partial charge in [0.2, 0.25) is 5.91 Å². The third-order valence-corrected chi connectivity index (χ3v) is 1.76. The highest BCUT2D eigenvalue weighted by molar-refractivity contribution is 5.91. The van der Waals surface area contributed by atoms with Crippen molar-refractivity contribution in [3.05, 3.63) is 11.3 Å². The molecule has 0 atom stereocenters. The minimum absolute atomic E-state index is 0.338. The molecule has 0 spiro atoms. The number of carbonyl (C=O) groups is 1. The SMILES string of the molecule is CCCN/C(CC)=C(\C)C(N)=O. The summed E-state index contributed by atoms with van der Waals surface area (Å²) in [5.74, 6) is -0.338. The zero-order valence-corrected chi connectivity index (χ0v) is 8.11. The van der Waals surface area contributed by atoms with Gasteiger partial charge in [-0.3, -0.25) is 4.79 Å². The molecule has 3 heteroatoms. The van der Waals surface area contributed by atoms with E-state index in [0.717, 1.165) is 25.1 Å². The van der Waals surface area contributed by atoms with Crippen molar-refractivity contribution in [3.63, 3.8) is 0 Å². The molecule has 0 fully saturated rings. The van der Waals surface area contributed by atoms with Gasteiger partial charge in [-0.2, -0.15) is 0 Å². The van der Waals surface area contributed by atoms with Crippen LogP contribution < -0.4 is 11.1 Å². The Hall–Kier alpha value is -0.990. The van der Waals surface area contributed by atoms with Gasteiger partial charge in [-0.05, 0) is 19.8 Å². The van der Waals surface area contributed by atoms with Crippen LogP contribution in [0.5, 0.6) is 0 Å². The number of hydrogen-bond donors (Lipinski definition) is 2. The van der Waals surface area contributed by atoms with Crippen molar-refractivity contribution in [3.8, 4) is 0 Å². The average molecular weight is 170 g/mol. The maximum absolute atomic E-state index is 10.8. The summed E-state index contributed by atoms with van der Waals surface area (Å²) in [5, 5.41) is 3.18. The van der Waals surface area contributed by atoms with E-state index < -0.39 is 0 Å². The first kappa shape index (κ1) is 11.0. The summed E-state index contributed by atoms with van der Waals surface area (Å²) < 4.78 is 0. The van der Waals surface area contributed by atoms with E-state index in [0.29, 0.717) is 5.57 Å². The summed E-state index contributed by atoms with van der Waals surface area (Å²) in [5.41, 5.74) is 6.75. The lowest BCUT2D eigenvalue weighted by molar-refractivity contribution is -0.114. The molecule has 3 nitrogen and oxygen atoms in total. The topological polar surface area (TPSA) is 55.1 Å². The molecule has 0 radical (unpaired) electrons. The molecule has 0 saturated heterocycles. The van der Waals surface area contributed by atoms with Crippen molar-refractivity contribution < 1.29 is 4.79 Å². The number of carbonyl (C=O) groups excluding carboxylic acids is 1. The van der Waals surface area contributed by atoms with Crippen LogP contribution in [0.15, 0.2) is 11.3 Å². The molecule has 0 aliphatic carbocycles. The van der Waals surface area contributed by atoms with Gasteiger partial charge >= 0.3 is 0 Å². The third kappa shape index (κ3) is 3.42. The second kappa shape index (κ2) is 5.63. The van der Waals surface area contributed by atoms with Gasteiger partial charge in [0, 0.05) is 17.8 Å². The van der Waals surface area contributed by atoms with Crippen LogP contribution in [-0.4, -0.2) is 12.5 Å². The van der Waals surface area contributed by atoms with E-state index >= 15 is 0 Å². The zero-order chi connectivity index (χ0) is 9.56. The summed E-state index contributed by atoms with van der Waals surface area (Å²) in [6, 6.07) is 0. The molecule has 1 amide bonds. The number of nitrogens with two attached hydrogens (primary N) is 1. The number of hydrogen-bond acceptors (Lipinski definition) is 2. The van der Waals surface area contributed by atoms with E-state index in [2.05, 4.69) is 12.2 Å². The molecule has 3 N–H and O–H groups in total. The fourth-order valence-corrected chi connectivity index (χ4v) is 0.947. The van der Waals surface area contributed by atoms with Gasteiger partial charge in [-0.25, -0.2) is 0 Å². The van der Waals surface area contributed by atoms with E-state index in [4.69, 9.17) is 5.73 Å². The normalized spacial score (nSPS) is 12.2. The minimum Gasteiger partial charge on any atom is -0.388 e. The van der Waals surface area contributed by atoms with Crippen LogP contribution in [0, 0.1) is 0 Å². The summed E-state index contributed by atoms with van der Waals surface area (Å²) in [7, 11) is 0. The Balaban J connectivity index is 4.28. The standard InChI is InChI=1S/C9H18N2O/c1-4-6-11-8(5-2)7(3)9(10)12/h11H,4-6H2,1-3H3,(H2,10,12)/b8-7+. The van der Waals surface area contributed by atoms with Crippen LogP contribution in [0.1, 0.15) is 33.6 Å². The molecule has 0 aliphatic rings. The van der Waals surface area contributed by atoms with Gasteiger partial charge in [0.1, 0.15) is 0 Å². The van der Waals surface area contributed by atoms with E-state index in [-0.39, 0.29) is 5.91 Å². The van der Waals surface area contributed by atoms with Gasteiger partial charge in [-0.1, -0.05) is 13.8 Å². The second-order valence-corrected chi connectivity index (χ2v) is 2.75. The third-order valence-electron chi connectivity index (χ3n) is 1.76. The van der Waals surface area contributed by atoms with Gasteiger partial charge in [0.15, 0.2) is 0 Å². The van der Waals surface area contributed by atoms with Crippen molar-refractivity contribution in [2.75, 3.05) is 6.54 Å². The monoisotopic (exact) mass is 170 g/mol. The Labute approximate surface area is 74.0 Å². The highest BCUT2D eigenvalue weighted by Gasteiger charge is 2.03. The molecule has 70 valence electrons. The van der Waals surface area contributed by atoms with Crippen molar-refractivity contribution in [2.45, 2.75) is 33.6 Å². The van der Waals surface area contributed by atoms with Crippen LogP contribution in [0.4, 0.5) is 0 Å². The van der Waals surface area contributed by atoms with E-state index in [1.807, 2.05) is 6.92 Å². The predicted molar refractivity (Wildman–Crippen MR) is 50.5 cm³/mol. The van der Waals surface area contributed by atoms with Crippen LogP contribution in [0.2, 0.25) is 0 Å². The maximum atomic E-state index is 10.8. The number of amides is 1. The molecule has 0 aromatic rings. The number of allylic oxidation sites excluding steroid dienone is 1. The Morgan fingerprint density at radius 2 is 2.00 bits per heavy atom. The lowest BCUT2D eigenvalue weighted by atomic mass is 10.2. The number of primary amides is 1. The van der Waals surface area contributed by atoms with Gasteiger partial charge < -0.3 is 11.1 Å². The molecule has 0 aromatic carbocycles. The van der Waals surface area contributed by atoms with Crippen LogP contribution in [0.3, 0.4) is 0 Å². The van der Waals surface area contributed by atoms with Crippen LogP contribution >= 0.6 is 0 Å². The second-order valence-electron chi connectivity index (χ2n) is 2.75. The minimum atomic E-state index is -0.338. The maximum Gasteiger partial charge on any atom is 0.246 e. The van der Waals surface area contributed by atoms with Crippen molar-refractivity contribution in [1.29, 1.82) is 0 Å². The lowest BCUT2D eigenvalue weighted by Crippen LogP contribution is -2.21. The fraction of sp³-hybridized carbons (Fsp3) is 0.667. The van der Waals surface area contributed by atoms with Gasteiger partial charge in [-0.15, -0.1) is 0 Å². The molecule has 12 heavy (non-hydrogen) atoms. The highest BCUT2D eigenvalue weighted by Crippen LogP contribution is 2.03. The van der Waals surface area contributed by atoms with Crippen molar-refractivity contribution in [2.24, 2.45) is 5.73 Å². The fourth-order valence-electron chi connectivity index (χ4n) is 0.947. The average Bonchev–Trinajstić information content (AvgIpc) is 2.05. The van der Waals surface area contributed by atoms with E-state index in [1.165, 1.54) is 0 Å². The van der Waals surface area contributed by atoms with Crippen molar-refractivity contribution >= 4 is 5.91 Å². The molecular formula is C9H18N2O. The Kier molecular flexibility index (Phi) is 5.17. The molecule has 0 aromatic heterocycles. The summed E-state index contributed by atoms with van der Waals surface area (Å²) in [4.78, 5) is 10.8. The van der Waals surface area contributed by atoms with Gasteiger partial charge in [0.25, 0.3) is 0 Å². The quantitative estimate of drug-likeness (QED) is 0.608. The Bertz CT molecular complexity index is 185. The number of rotatable bonds is 5. The first-order valence-electron chi connectivity index (χ1n) is 4.36. The van der Waals surface area contributed by atoms with Crippen LogP contribution in [0.25, 0.3) is 0 Å². The van der Waals surface area contributed by atoms with Gasteiger partial charge in [0.05, 0.1) is 0 Å². The Morgan fingerprint density at radius 3 is 2.33 bits per heavy atom.